The molecule has 0 aromatic heterocycles. The lowest BCUT2D eigenvalue weighted by molar-refractivity contribution is -0.117. The molecule has 0 radical (unpaired) electrons. The highest BCUT2D eigenvalue weighted by Crippen LogP contribution is 2.36. The molecule has 8 heteroatoms. The minimum absolute atomic E-state index is 0.0267. The van der Waals surface area contributed by atoms with E-state index in [0.717, 1.165) is 0 Å². The van der Waals surface area contributed by atoms with Crippen LogP contribution >= 0.6 is 23.2 Å². The minimum atomic E-state index is -3.75. The second-order valence-electron chi connectivity index (χ2n) is 3.99. The Bertz CT molecular complexity index is 583. The lowest BCUT2D eigenvalue weighted by Gasteiger charge is -2.19. The molecule has 2 N–H and O–H groups in total. The van der Waals surface area contributed by atoms with E-state index in [0.29, 0.717) is 15.7 Å². The molecule has 0 aliphatic carbocycles. The van der Waals surface area contributed by atoms with Gasteiger partial charge >= 0.3 is 0 Å². The zero-order chi connectivity index (χ0) is 13.5. The quantitative estimate of drug-likeness (QED) is 0.896. The predicted molar refractivity (Wildman–Crippen MR) is 70.3 cm³/mol. The maximum absolute atomic E-state index is 11.8. The molecule has 1 aliphatic heterocycles. The Balaban J connectivity index is 2.39. The van der Waals surface area contributed by atoms with Gasteiger partial charge in [0.05, 0.1) is 15.7 Å². The van der Waals surface area contributed by atoms with Gasteiger partial charge in [0.25, 0.3) is 0 Å². The molecular formula is C10H10Cl2N2O3S. The highest BCUT2D eigenvalue weighted by Gasteiger charge is 2.38. The number of benzene rings is 1. The summed E-state index contributed by atoms with van der Waals surface area (Å²) in [6, 6.07) is 4.81. The van der Waals surface area contributed by atoms with E-state index in [9.17, 15) is 13.2 Å². The van der Waals surface area contributed by atoms with Crippen LogP contribution in [0.2, 0.25) is 10.0 Å². The Morgan fingerprint density at radius 3 is 2.28 bits per heavy atom. The van der Waals surface area contributed by atoms with E-state index in [2.05, 4.69) is 0 Å². The fourth-order valence-corrected chi connectivity index (χ4v) is 3.19. The fraction of sp³-hybridized carbons (Fsp3) is 0.300. The van der Waals surface area contributed by atoms with Crippen molar-refractivity contribution in [3.05, 3.63) is 28.2 Å². The van der Waals surface area contributed by atoms with Crippen LogP contribution in [0.4, 0.5) is 5.69 Å². The van der Waals surface area contributed by atoms with Crippen LogP contribution in [0.1, 0.15) is 6.42 Å². The molecule has 0 spiro atoms. The number of carbonyl (C=O) groups is 1. The first-order valence-corrected chi connectivity index (χ1v) is 7.43. The first kappa shape index (κ1) is 13.6. The van der Waals surface area contributed by atoms with E-state index < -0.39 is 15.3 Å². The number of anilines is 1. The molecular weight excluding hydrogens is 299 g/mol. The van der Waals surface area contributed by atoms with Crippen molar-refractivity contribution in [2.75, 3.05) is 11.4 Å². The van der Waals surface area contributed by atoms with Gasteiger partial charge in [0, 0.05) is 13.0 Å². The smallest absolute Gasteiger partial charge is 0.228 e. The highest BCUT2D eigenvalue weighted by molar-refractivity contribution is 7.89. The second kappa shape index (κ2) is 4.70. The van der Waals surface area contributed by atoms with E-state index in [1.54, 1.807) is 18.2 Å². The Kier molecular flexibility index (Phi) is 3.55. The first-order valence-electron chi connectivity index (χ1n) is 5.06. The van der Waals surface area contributed by atoms with Gasteiger partial charge in [-0.2, -0.15) is 0 Å². The molecule has 1 aromatic carbocycles. The number of nitrogens with two attached hydrogens (primary N) is 1. The van der Waals surface area contributed by atoms with Crippen LogP contribution in [0, 0.1) is 0 Å². The SMILES string of the molecule is NS(=O)(=O)C1CC(=O)N(c2c(Cl)cccc2Cl)C1. The molecule has 1 amide bonds. The average Bonchev–Trinajstić information content (AvgIpc) is 2.60. The molecule has 18 heavy (non-hydrogen) atoms. The summed E-state index contributed by atoms with van der Waals surface area (Å²) in [7, 11) is -3.75. The van der Waals surface area contributed by atoms with Gasteiger partial charge in [-0.1, -0.05) is 29.3 Å². The van der Waals surface area contributed by atoms with Gasteiger partial charge in [0.2, 0.25) is 15.9 Å². The summed E-state index contributed by atoms with van der Waals surface area (Å²) in [5.41, 5.74) is 0.331. The minimum Gasteiger partial charge on any atom is -0.308 e. The fourth-order valence-electron chi connectivity index (χ4n) is 1.86. The van der Waals surface area contributed by atoms with Crippen LogP contribution in [0.3, 0.4) is 0 Å². The molecule has 1 aromatic rings. The van der Waals surface area contributed by atoms with Crippen molar-refractivity contribution in [1.82, 2.24) is 0 Å². The number of rotatable bonds is 2. The maximum Gasteiger partial charge on any atom is 0.228 e. The third kappa shape index (κ3) is 2.47. The Hall–Kier alpha value is -0.820. The maximum atomic E-state index is 11.8. The topological polar surface area (TPSA) is 80.5 Å². The van der Waals surface area contributed by atoms with Crippen molar-refractivity contribution in [3.63, 3.8) is 0 Å². The van der Waals surface area contributed by atoms with E-state index in [1.807, 2.05) is 0 Å². The van der Waals surface area contributed by atoms with Crippen LogP contribution in [-0.4, -0.2) is 26.1 Å². The normalized spacial score (nSPS) is 20.5. The van der Waals surface area contributed by atoms with E-state index in [-0.39, 0.29) is 18.9 Å². The Labute approximate surface area is 115 Å². The number of hydrogen-bond acceptors (Lipinski definition) is 3. The molecule has 1 fully saturated rings. The van der Waals surface area contributed by atoms with Crippen molar-refractivity contribution in [2.24, 2.45) is 5.14 Å². The van der Waals surface area contributed by atoms with Gasteiger partial charge in [0.1, 0.15) is 5.25 Å². The van der Waals surface area contributed by atoms with Crippen molar-refractivity contribution < 1.29 is 13.2 Å². The average molecular weight is 309 g/mol. The Morgan fingerprint density at radius 2 is 1.83 bits per heavy atom. The lowest BCUT2D eigenvalue weighted by atomic mass is 10.3. The summed E-state index contributed by atoms with van der Waals surface area (Å²) >= 11 is 12.0. The number of sulfonamides is 1. The Morgan fingerprint density at radius 1 is 1.28 bits per heavy atom. The summed E-state index contributed by atoms with van der Waals surface area (Å²) in [6.07, 6.45) is -0.152. The number of primary sulfonamides is 1. The van der Waals surface area contributed by atoms with Gasteiger partial charge in [-0.25, -0.2) is 13.6 Å². The molecule has 1 atom stereocenters. The van der Waals surface area contributed by atoms with Crippen LogP contribution in [0.25, 0.3) is 0 Å². The zero-order valence-corrected chi connectivity index (χ0v) is 11.5. The van der Waals surface area contributed by atoms with E-state index >= 15 is 0 Å². The van der Waals surface area contributed by atoms with Crippen molar-refractivity contribution >= 4 is 44.8 Å². The van der Waals surface area contributed by atoms with Gasteiger partial charge in [-0.05, 0) is 12.1 Å². The van der Waals surface area contributed by atoms with Gasteiger partial charge in [0.15, 0.2) is 0 Å². The first-order chi connectivity index (χ1) is 8.30. The third-order valence-electron chi connectivity index (χ3n) is 2.76. The molecule has 1 unspecified atom stereocenters. The molecule has 0 saturated carbocycles. The highest BCUT2D eigenvalue weighted by atomic mass is 35.5. The van der Waals surface area contributed by atoms with Crippen LogP contribution in [0.5, 0.6) is 0 Å². The molecule has 98 valence electrons. The van der Waals surface area contributed by atoms with Crippen molar-refractivity contribution in [3.8, 4) is 0 Å². The standard InChI is InChI=1S/C10H10Cl2N2O3S/c11-7-2-1-3-8(12)10(7)14-5-6(4-9(14)15)18(13,16)17/h1-3,6H,4-5H2,(H2,13,16,17). The molecule has 1 heterocycles. The lowest BCUT2D eigenvalue weighted by Crippen LogP contribution is -2.32. The molecule has 5 nitrogen and oxygen atoms in total. The van der Waals surface area contributed by atoms with E-state index in [4.69, 9.17) is 28.3 Å². The number of carbonyl (C=O) groups excluding carboxylic acids is 1. The second-order valence-corrected chi connectivity index (χ2v) is 6.65. The molecule has 1 saturated heterocycles. The number of nitrogens with zero attached hydrogens (tertiary/aromatic N) is 1. The summed E-state index contributed by atoms with van der Waals surface area (Å²) in [6.45, 7) is -0.0267. The summed E-state index contributed by atoms with van der Waals surface area (Å²) in [5.74, 6) is -0.357. The predicted octanol–water partition coefficient (Wildman–Crippen LogP) is 1.39. The third-order valence-corrected chi connectivity index (χ3v) is 4.62. The van der Waals surface area contributed by atoms with E-state index in [1.165, 1.54) is 4.90 Å². The van der Waals surface area contributed by atoms with Crippen LogP contribution in [0.15, 0.2) is 18.2 Å². The summed E-state index contributed by atoms with van der Waals surface area (Å²) in [4.78, 5) is 13.1. The molecule has 1 aliphatic rings. The summed E-state index contributed by atoms with van der Waals surface area (Å²) in [5, 5.41) is 4.72. The van der Waals surface area contributed by atoms with Crippen LogP contribution < -0.4 is 10.0 Å². The van der Waals surface area contributed by atoms with Crippen LogP contribution in [-0.2, 0) is 14.8 Å². The molecule has 2 rings (SSSR count). The van der Waals surface area contributed by atoms with Crippen molar-refractivity contribution in [2.45, 2.75) is 11.7 Å². The van der Waals surface area contributed by atoms with Gasteiger partial charge < -0.3 is 4.90 Å². The number of para-hydroxylation sites is 1. The zero-order valence-electron chi connectivity index (χ0n) is 9.14. The number of halogens is 2. The number of amides is 1. The number of hydrogen-bond donors (Lipinski definition) is 1. The molecule has 0 bridgehead atoms. The van der Waals surface area contributed by atoms with Gasteiger partial charge in [-0.3, -0.25) is 4.79 Å². The monoisotopic (exact) mass is 308 g/mol. The van der Waals surface area contributed by atoms with Crippen molar-refractivity contribution in [1.29, 1.82) is 0 Å². The van der Waals surface area contributed by atoms with Gasteiger partial charge in [-0.15, -0.1) is 0 Å². The summed E-state index contributed by atoms with van der Waals surface area (Å²) < 4.78 is 22.5. The largest absolute Gasteiger partial charge is 0.308 e.